The fourth-order valence-corrected chi connectivity index (χ4v) is 5.66. The van der Waals surface area contributed by atoms with Gasteiger partial charge in [-0.15, -0.1) is 0 Å². The maximum Gasteiger partial charge on any atom is 0.417 e. The van der Waals surface area contributed by atoms with E-state index < -0.39 is 56.9 Å². The molecule has 0 aliphatic heterocycles. The van der Waals surface area contributed by atoms with Gasteiger partial charge in [0.2, 0.25) is 11.8 Å². The first kappa shape index (κ1) is 31.0. The van der Waals surface area contributed by atoms with Crippen LogP contribution in [0.4, 0.5) is 18.9 Å². The summed E-state index contributed by atoms with van der Waals surface area (Å²) >= 11 is 5.77. The van der Waals surface area contributed by atoms with Gasteiger partial charge in [-0.3, -0.25) is 13.9 Å². The zero-order chi connectivity index (χ0) is 29.7. The molecule has 1 N–H and O–H groups in total. The predicted molar refractivity (Wildman–Crippen MR) is 148 cm³/mol. The molecule has 0 fully saturated rings. The lowest BCUT2D eigenvalue weighted by atomic mass is 10.1. The molecular formula is C28H29ClF3N3O4S. The number of carbonyl (C=O) groups is 2. The van der Waals surface area contributed by atoms with Crippen LogP contribution in [0.25, 0.3) is 0 Å². The zero-order valence-corrected chi connectivity index (χ0v) is 23.6. The average Bonchev–Trinajstić information content (AvgIpc) is 2.91. The van der Waals surface area contributed by atoms with Crippen LogP contribution < -0.4 is 9.62 Å². The number of hydrogen-bond donors (Lipinski definition) is 1. The van der Waals surface area contributed by atoms with Gasteiger partial charge in [0, 0.05) is 13.6 Å². The number of nitrogens with zero attached hydrogens (tertiary/aromatic N) is 2. The number of carbonyl (C=O) groups excluding carboxylic acids is 2. The van der Waals surface area contributed by atoms with Gasteiger partial charge in [0.15, 0.2) is 0 Å². The molecule has 0 aromatic heterocycles. The summed E-state index contributed by atoms with van der Waals surface area (Å²) in [7, 11) is -3.12. The van der Waals surface area contributed by atoms with Crippen molar-refractivity contribution >= 4 is 39.1 Å². The molecule has 7 nitrogen and oxygen atoms in total. The maximum absolute atomic E-state index is 13.7. The number of aryl methyl sites for hydroxylation is 1. The van der Waals surface area contributed by atoms with E-state index in [2.05, 4.69) is 5.32 Å². The number of halogens is 4. The highest BCUT2D eigenvalue weighted by Crippen LogP contribution is 2.38. The molecule has 40 heavy (non-hydrogen) atoms. The molecule has 2 amide bonds. The first-order valence-corrected chi connectivity index (χ1v) is 14.1. The van der Waals surface area contributed by atoms with Gasteiger partial charge in [0.25, 0.3) is 10.0 Å². The Morgan fingerprint density at radius 3 is 2.20 bits per heavy atom. The van der Waals surface area contributed by atoms with Crippen LogP contribution in [-0.2, 0) is 32.2 Å². The molecule has 0 saturated heterocycles. The molecule has 0 saturated carbocycles. The first-order valence-electron chi connectivity index (χ1n) is 12.3. The number of likely N-dealkylation sites (N-methyl/N-ethyl adjacent to an activating group) is 1. The van der Waals surface area contributed by atoms with Gasteiger partial charge in [-0.2, -0.15) is 13.2 Å². The first-order chi connectivity index (χ1) is 18.8. The van der Waals surface area contributed by atoms with E-state index in [-0.39, 0.29) is 11.4 Å². The van der Waals surface area contributed by atoms with Crippen molar-refractivity contribution in [2.45, 2.75) is 37.4 Å². The second-order valence-electron chi connectivity index (χ2n) is 9.10. The topological polar surface area (TPSA) is 86.8 Å². The van der Waals surface area contributed by atoms with Gasteiger partial charge in [0.05, 0.1) is 21.2 Å². The van der Waals surface area contributed by atoms with Crippen LogP contribution in [0.2, 0.25) is 5.02 Å². The standard InChI is InChI=1S/C28H29ClF3N3O4S/c1-19-9-12-23(13-10-19)40(38,39)35(22-11-14-25(29)24(17-22)28(30,31)32)18-26(36)34(20(2)27(37)33-3)16-15-21-7-5-4-6-8-21/h4-14,17,20H,15-16,18H2,1-3H3,(H,33,37)/t20-/m1/s1. The summed E-state index contributed by atoms with van der Waals surface area (Å²) < 4.78 is 69.1. The fraction of sp³-hybridized carbons (Fsp3) is 0.286. The number of nitrogens with one attached hydrogen (secondary N) is 1. The third kappa shape index (κ3) is 7.33. The van der Waals surface area contributed by atoms with Crippen LogP contribution in [0.15, 0.2) is 77.7 Å². The summed E-state index contributed by atoms with van der Waals surface area (Å²) in [6.45, 7) is 2.44. The van der Waals surface area contributed by atoms with E-state index in [9.17, 15) is 31.2 Å². The molecule has 0 heterocycles. The Hall–Kier alpha value is -3.57. The summed E-state index contributed by atoms with van der Waals surface area (Å²) in [6, 6.07) is 16.5. The molecule has 0 aliphatic rings. The Bertz CT molecular complexity index is 1450. The smallest absolute Gasteiger partial charge is 0.357 e. The van der Waals surface area contributed by atoms with Crippen LogP contribution in [0.5, 0.6) is 0 Å². The molecule has 12 heteroatoms. The normalized spacial score (nSPS) is 12.5. The number of alkyl halides is 3. The maximum atomic E-state index is 13.7. The molecule has 214 valence electrons. The Labute approximate surface area is 236 Å². The molecule has 0 bridgehead atoms. The predicted octanol–water partition coefficient (Wildman–Crippen LogP) is 5.07. The molecule has 3 aromatic carbocycles. The van der Waals surface area contributed by atoms with Crippen molar-refractivity contribution in [3.05, 3.63) is 94.5 Å². The lowest BCUT2D eigenvalue weighted by Gasteiger charge is -2.32. The van der Waals surface area contributed by atoms with E-state index in [1.165, 1.54) is 43.1 Å². The van der Waals surface area contributed by atoms with Crippen LogP contribution in [0.1, 0.15) is 23.6 Å². The Morgan fingerprint density at radius 1 is 1.00 bits per heavy atom. The van der Waals surface area contributed by atoms with Crippen molar-refractivity contribution in [3.63, 3.8) is 0 Å². The quantitative estimate of drug-likeness (QED) is 0.355. The zero-order valence-electron chi connectivity index (χ0n) is 22.1. The monoisotopic (exact) mass is 595 g/mol. The third-order valence-electron chi connectivity index (χ3n) is 6.33. The van der Waals surface area contributed by atoms with Crippen LogP contribution in [-0.4, -0.2) is 51.3 Å². The molecule has 3 aromatic rings. The SMILES string of the molecule is CNC(=O)[C@@H](C)N(CCc1ccccc1)C(=O)CN(c1ccc(Cl)c(C(F)(F)F)c1)S(=O)(=O)c1ccc(C)cc1. The summed E-state index contributed by atoms with van der Waals surface area (Å²) in [4.78, 5) is 27.2. The molecule has 0 radical (unpaired) electrons. The Balaban J connectivity index is 2.07. The number of hydrogen-bond acceptors (Lipinski definition) is 4. The van der Waals surface area contributed by atoms with E-state index in [0.29, 0.717) is 16.8 Å². The van der Waals surface area contributed by atoms with Gasteiger partial charge < -0.3 is 10.2 Å². The van der Waals surface area contributed by atoms with E-state index in [0.717, 1.165) is 23.3 Å². The Morgan fingerprint density at radius 2 is 1.62 bits per heavy atom. The lowest BCUT2D eigenvalue weighted by molar-refractivity contribution is -0.138. The third-order valence-corrected chi connectivity index (χ3v) is 8.45. The van der Waals surface area contributed by atoms with Gasteiger partial charge in [0.1, 0.15) is 12.6 Å². The number of benzene rings is 3. The molecule has 1 atom stereocenters. The number of rotatable bonds is 10. The number of amides is 2. The van der Waals surface area contributed by atoms with E-state index in [4.69, 9.17) is 11.6 Å². The summed E-state index contributed by atoms with van der Waals surface area (Å²) in [5.41, 5.74) is -0.0101. The molecule has 3 rings (SSSR count). The highest BCUT2D eigenvalue weighted by atomic mass is 35.5. The number of sulfonamides is 1. The molecular weight excluding hydrogens is 567 g/mol. The average molecular weight is 596 g/mol. The molecule has 0 unspecified atom stereocenters. The largest absolute Gasteiger partial charge is 0.417 e. The van der Waals surface area contributed by atoms with Crippen molar-refractivity contribution in [1.29, 1.82) is 0 Å². The van der Waals surface area contributed by atoms with Crippen molar-refractivity contribution in [3.8, 4) is 0 Å². The summed E-state index contributed by atoms with van der Waals surface area (Å²) in [5.74, 6) is -1.26. The molecule has 0 aliphatic carbocycles. The van der Waals surface area contributed by atoms with E-state index in [1.807, 2.05) is 30.3 Å². The van der Waals surface area contributed by atoms with Gasteiger partial charge >= 0.3 is 6.18 Å². The van der Waals surface area contributed by atoms with Crippen molar-refractivity contribution < 1.29 is 31.2 Å². The number of anilines is 1. The van der Waals surface area contributed by atoms with Crippen LogP contribution in [0, 0.1) is 6.92 Å². The van der Waals surface area contributed by atoms with E-state index in [1.54, 1.807) is 6.92 Å². The summed E-state index contributed by atoms with van der Waals surface area (Å²) in [6.07, 6.45) is -4.51. The van der Waals surface area contributed by atoms with Gasteiger partial charge in [-0.25, -0.2) is 8.42 Å². The highest BCUT2D eigenvalue weighted by molar-refractivity contribution is 7.92. The lowest BCUT2D eigenvalue weighted by Crippen LogP contribution is -2.51. The minimum atomic E-state index is -4.87. The minimum absolute atomic E-state index is 0.0598. The van der Waals surface area contributed by atoms with Crippen molar-refractivity contribution in [2.75, 3.05) is 24.4 Å². The second kappa shape index (κ2) is 12.7. The molecule has 0 spiro atoms. The van der Waals surface area contributed by atoms with Crippen molar-refractivity contribution in [2.24, 2.45) is 0 Å². The Kier molecular flexibility index (Phi) is 9.86. The minimum Gasteiger partial charge on any atom is -0.357 e. The highest BCUT2D eigenvalue weighted by Gasteiger charge is 2.36. The van der Waals surface area contributed by atoms with Gasteiger partial charge in [-0.1, -0.05) is 59.6 Å². The van der Waals surface area contributed by atoms with Crippen molar-refractivity contribution in [1.82, 2.24) is 10.2 Å². The van der Waals surface area contributed by atoms with Crippen LogP contribution >= 0.6 is 11.6 Å². The second-order valence-corrected chi connectivity index (χ2v) is 11.4. The summed E-state index contributed by atoms with van der Waals surface area (Å²) in [5, 5.41) is 1.85. The van der Waals surface area contributed by atoms with Crippen LogP contribution in [0.3, 0.4) is 0 Å². The van der Waals surface area contributed by atoms with E-state index >= 15 is 0 Å². The van der Waals surface area contributed by atoms with Gasteiger partial charge in [-0.05, 0) is 56.2 Å². The fourth-order valence-electron chi connectivity index (χ4n) is 4.03.